The topological polar surface area (TPSA) is 19.0 Å². The molecule has 2 aromatic carbocycles. The summed E-state index contributed by atoms with van der Waals surface area (Å²) in [5, 5.41) is 1.38. The van der Waals surface area contributed by atoms with Crippen molar-refractivity contribution < 1.29 is 0 Å². The summed E-state index contributed by atoms with van der Waals surface area (Å²) >= 11 is 0. The van der Waals surface area contributed by atoms with Crippen molar-refractivity contribution in [3.05, 3.63) is 53.6 Å². The minimum Gasteiger partial charge on any atom is -0.370 e. The fourth-order valence-electron chi connectivity index (χ4n) is 3.61. The normalized spacial score (nSPS) is 12.5. The average Bonchev–Trinajstić information content (AvgIpc) is 3.05. The average molecular weight is 276 g/mol. The third kappa shape index (κ3) is 1.72. The first-order chi connectivity index (χ1) is 10.3. The van der Waals surface area contributed by atoms with Gasteiger partial charge in [-0.2, -0.15) is 0 Å². The standard InChI is InChI=1S/C19H20N2/c1-3-21(4-2)17-11-7-10-15-16-12-13-8-5-6-9-14(13)18(16)20-19(15)17/h5-11,20H,3-4,12H2,1-2H3. The maximum Gasteiger partial charge on any atom is 0.0699 e. The minimum absolute atomic E-state index is 1.04. The van der Waals surface area contributed by atoms with Crippen molar-refractivity contribution in [1.29, 1.82) is 0 Å². The molecule has 0 saturated heterocycles. The fraction of sp³-hybridized carbons (Fsp3) is 0.263. The van der Waals surface area contributed by atoms with Gasteiger partial charge in [0.05, 0.1) is 16.9 Å². The van der Waals surface area contributed by atoms with Crippen molar-refractivity contribution in [2.75, 3.05) is 18.0 Å². The van der Waals surface area contributed by atoms with E-state index in [2.05, 4.69) is 66.2 Å². The van der Waals surface area contributed by atoms with E-state index in [-0.39, 0.29) is 0 Å². The summed E-state index contributed by atoms with van der Waals surface area (Å²) < 4.78 is 0. The Kier molecular flexibility index (Phi) is 2.78. The largest absolute Gasteiger partial charge is 0.370 e. The summed E-state index contributed by atoms with van der Waals surface area (Å²) in [6, 6.07) is 15.4. The molecule has 0 saturated carbocycles. The van der Waals surface area contributed by atoms with Crippen LogP contribution in [0.5, 0.6) is 0 Å². The zero-order valence-corrected chi connectivity index (χ0v) is 12.6. The first kappa shape index (κ1) is 12.5. The van der Waals surface area contributed by atoms with Gasteiger partial charge in [-0.05, 0) is 31.0 Å². The zero-order valence-electron chi connectivity index (χ0n) is 12.6. The van der Waals surface area contributed by atoms with Crippen LogP contribution in [-0.4, -0.2) is 18.1 Å². The maximum absolute atomic E-state index is 3.71. The van der Waals surface area contributed by atoms with E-state index in [1.807, 2.05) is 0 Å². The monoisotopic (exact) mass is 276 g/mol. The van der Waals surface area contributed by atoms with Gasteiger partial charge in [0, 0.05) is 30.5 Å². The summed E-state index contributed by atoms with van der Waals surface area (Å²) in [5.74, 6) is 0. The molecule has 106 valence electrons. The van der Waals surface area contributed by atoms with Crippen molar-refractivity contribution in [2.45, 2.75) is 20.3 Å². The number of anilines is 1. The predicted octanol–water partition coefficient (Wildman–Crippen LogP) is 4.59. The van der Waals surface area contributed by atoms with E-state index in [9.17, 15) is 0 Å². The maximum atomic E-state index is 3.71. The molecule has 0 radical (unpaired) electrons. The molecule has 0 amide bonds. The van der Waals surface area contributed by atoms with Crippen LogP contribution >= 0.6 is 0 Å². The van der Waals surface area contributed by atoms with Crippen molar-refractivity contribution in [1.82, 2.24) is 4.98 Å². The molecule has 1 aliphatic carbocycles. The number of aromatic amines is 1. The second-order valence-corrected chi connectivity index (χ2v) is 5.68. The van der Waals surface area contributed by atoms with Gasteiger partial charge in [-0.25, -0.2) is 0 Å². The van der Waals surface area contributed by atoms with Gasteiger partial charge in [0.15, 0.2) is 0 Å². The van der Waals surface area contributed by atoms with E-state index in [1.165, 1.54) is 39.0 Å². The smallest absolute Gasteiger partial charge is 0.0699 e. The first-order valence-electron chi connectivity index (χ1n) is 7.80. The predicted molar refractivity (Wildman–Crippen MR) is 90.1 cm³/mol. The molecule has 0 bridgehead atoms. The van der Waals surface area contributed by atoms with E-state index >= 15 is 0 Å². The van der Waals surface area contributed by atoms with E-state index < -0.39 is 0 Å². The Morgan fingerprint density at radius 3 is 2.62 bits per heavy atom. The molecule has 3 aromatic rings. The van der Waals surface area contributed by atoms with Crippen LogP contribution in [0.1, 0.15) is 25.0 Å². The lowest BCUT2D eigenvalue weighted by molar-refractivity contribution is 0.869. The number of nitrogens with zero attached hydrogens (tertiary/aromatic N) is 1. The first-order valence-corrected chi connectivity index (χ1v) is 7.80. The highest BCUT2D eigenvalue weighted by atomic mass is 15.1. The van der Waals surface area contributed by atoms with Crippen molar-refractivity contribution in [3.8, 4) is 11.3 Å². The lowest BCUT2D eigenvalue weighted by Crippen LogP contribution is -2.21. The number of rotatable bonds is 3. The molecule has 0 fully saturated rings. The summed E-state index contributed by atoms with van der Waals surface area (Å²) in [5.41, 5.74) is 8.20. The number of hydrogen-bond donors (Lipinski definition) is 1. The summed E-state index contributed by atoms with van der Waals surface area (Å²) in [6.45, 7) is 6.51. The lowest BCUT2D eigenvalue weighted by atomic mass is 10.1. The van der Waals surface area contributed by atoms with Crippen LogP contribution in [0.25, 0.3) is 22.2 Å². The summed E-state index contributed by atoms with van der Waals surface area (Å²) in [4.78, 5) is 6.12. The Bertz CT molecular complexity index is 810. The van der Waals surface area contributed by atoms with Crippen LogP contribution < -0.4 is 4.90 Å². The molecule has 2 heteroatoms. The molecule has 21 heavy (non-hydrogen) atoms. The van der Waals surface area contributed by atoms with Crippen LogP contribution in [0.15, 0.2) is 42.5 Å². The second kappa shape index (κ2) is 4.66. The van der Waals surface area contributed by atoms with Gasteiger partial charge in [0.25, 0.3) is 0 Å². The van der Waals surface area contributed by atoms with Gasteiger partial charge in [0.2, 0.25) is 0 Å². The van der Waals surface area contributed by atoms with E-state index in [0.717, 1.165) is 19.5 Å². The molecule has 0 spiro atoms. The second-order valence-electron chi connectivity index (χ2n) is 5.68. The zero-order chi connectivity index (χ0) is 14.4. The van der Waals surface area contributed by atoms with Crippen molar-refractivity contribution in [2.24, 2.45) is 0 Å². The van der Waals surface area contributed by atoms with E-state index in [1.54, 1.807) is 0 Å². The molecule has 0 unspecified atom stereocenters. The number of fused-ring (bicyclic) bond motifs is 5. The Hall–Kier alpha value is -2.22. The van der Waals surface area contributed by atoms with Gasteiger partial charge in [-0.1, -0.05) is 36.4 Å². The van der Waals surface area contributed by atoms with E-state index in [4.69, 9.17) is 0 Å². The molecule has 1 heterocycles. The van der Waals surface area contributed by atoms with Crippen molar-refractivity contribution >= 4 is 16.6 Å². The van der Waals surface area contributed by atoms with E-state index in [0.29, 0.717) is 0 Å². The molecule has 1 N–H and O–H groups in total. The molecule has 1 aromatic heterocycles. The van der Waals surface area contributed by atoms with Crippen LogP contribution in [0.3, 0.4) is 0 Å². The van der Waals surface area contributed by atoms with Crippen LogP contribution in [0.2, 0.25) is 0 Å². The fourth-order valence-corrected chi connectivity index (χ4v) is 3.61. The highest BCUT2D eigenvalue weighted by Gasteiger charge is 2.23. The molecule has 2 nitrogen and oxygen atoms in total. The summed E-state index contributed by atoms with van der Waals surface area (Å²) in [7, 11) is 0. The Morgan fingerprint density at radius 1 is 1.00 bits per heavy atom. The number of H-pyrrole nitrogens is 1. The quantitative estimate of drug-likeness (QED) is 0.580. The van der Waals surface area contributed by atoms with Gasteiger partial charge >= 0.3 is 0 Å². The van der Waals surface area contributed by atoms with Gasteiger partial charge in [-0.15, -0.1) is 0 Å². The number of aromatic nitrogens is 1. The Balaban J connectivity index is 1.96. The van der Waals surface area contributed by atoms with Gasteiger partial charge in [-0.3, -0.25) is 0 Å². The van der Waals surface area contributed by atoms with Gasteiger partial charge in [0.1, 0.15) is 0 Å². The highest BCUT2D eigenvalue weighted by Crippen LogP contribution is 2.42. The third-order valence-corrected chi connectivity index (χ3v) is 4.68. The van der Waals surface area contributed by atoms with Crippen LogP contribution in [0.4, 0.5) is 5.69 Å². The number of nitrogens with one attached hydrogen (secondary N) is 1. The third-order valence-electron chi connectivity index (χ3n) is 4.68. The minimum atomic E-state index is 1.04. The Morgan fingerprint density at radius 2 is 1.81 bits per heavy atom. The lowest BCUT2D eigenvalue weighted by Gasteiger charge is -2.21. The number of para-hydroxylation sites is 1. The molecule has 1 aliphatic rings. The molecule has 0 aliphatic heterocycles. The van der Waals surface area contributed by atoms with Crippen LogP contribution in [-0.2, 0) is 6.42 Å². The summed E-state index contributed by atoms with van der Waals surface area (Å²) in [6.07, 6.45) is 1.05. The molecule has 4 rings (SSSR count). The number of benzene rings is 2. The molecular weight excluding hydrogens is 256 g/mol. The SMILES string of the molecule is CCN(CC)c1cccc2c3c([nH]c12)-c1ccccc1C3. The van der Waals surface area contributed by atoms with Crippen LogP contribution in [0, 0.1) is 0 Å². The number of hydrogen-bond acceptors (Lipinski definition) is 1. The molecular formula is C19H20N2. The van der Waals surface area contributed by atoms with Crippen molar-refractivity contribution in [3.63, 3.8) is 0 Å². The molecule has 0 atom stereocenters. The van der Waals surface area contributed by atoms with Gasteiger partial charge < -0.3 is 9.88 Å². The Labute approximate surface area is 125 Å². The highest BCUT2D eigenvalue weighted by molar-refractivity contribution is 6.00.